The second-order valence-corrected chi connectivity index (χ2v) is 18.1. The van der Waals surface area contributed by atoms with Crippen molar-refractivity contribution < 1.29 is 58.0 Å². The highest BCUT2D eigenvalue weighted by molar-refractivity contribution is 7.47. The summed E-state index contributed by atoms with van der Waals surface area (Å²) >= 11 is 0. The summed E-state index contributed by atoms with van der Waals surface area (Å²) in [6.07, 6.45) is 37.1. The molecule has 0 spiro atoms. The Labute approximate surface area is 369 Å². The maximum absolute atomic E-state index is 12.6. The van der Waals surface area contributed by atoms with Crippen LogP contribution in [0.3, 0.4) is 0 Å². The van der Waals surface area contributed by atoms with Crippen LogP contribution in [0.2, 0.25) is 0 Å². The molecule has 1 unspecified atom stereocenters. The maximum atomic E-state index is 12.6. The van der Waals surface area contributed by atoms with Gasteiger partial charge in [0.25, 0.3) is 0 Å². The number of rotatable bonds is 43. The van der Waals surface area contributed by atoms with Crippen LogP contribution in [0.25, 0.3) is 0 Å². The van der Waals surface area contributed by atoms with E-state index < -0.39 is 70.6 Å². The molecule has 356 valence electrons. The molecule has 0 aromatic carbocycles. The van der Waals surface area contributed by atoms with E-state index >= 15 is 0 Å². The topological polar surface area (TPSA) is 189 Å². The van der Waals surface area contributed by atoms with Gasteiger partial charge in [-0.05, 0) is 44.4 Å². The number of hydrogen-bond donors (Lipinski definition) is 5. The standard InChI is InChI=1S/C48H87O12P/c1-4-5-6-7-21-26-32-43(50)33-27-23-24-28-34-44(51)35-30-37-48(54)60-46(41-59-61(55,56)58-39-45(52)38-49)40-57-47(53)36-29-22-19-17-15-13-11-9-8-10-12-14-16-18-20-25-31-42(2)3/h21,23-24,26-28,33-34,42-46,49-52H,4-20,22,25,29-32,35-41H2,1-3H3,(H,55,56)/b24-23+,26-21-,33-27+,34-28-/t43-,44-,45-,46+/m0/s1. The molecule has 0 bridgehead atoms. The average molecular weight is 887 g/mol. The third-order valence-electron chi connectivity index (χ3n) is 10.1. The molecule has 0 saturated heterocycles. The number of phosphoric ester groups is 1. The van der Waals surface area contributed by atoms with Crippen molar-refractivity contribution in [1.29, 1.82) is 0 Å². The Morgan fingerprint density at radius 3 is 1.67 bits per heavy atom. The lowest BCUT2D eigenvalue weighted by Gasteiger charge is -2.20. The summed E-state index contributed by atoms with van der Waals surface area (Å²) in [5, 5.41) is 38.7. The molecule has 0 fully saturated rings. The summed E-state index contributed by atoms with van der Waals surface area (Å²) in [7, 11) is -4.69. The number of phosphoric acid groups is 1. The van der Waals surface area contributed by atoms with Gasteiger partial charge in [0.2, 0.25) is 0 Å². The highest BCUT2D eigenvalue weighted by Gasteiger charge is 2.27. The lowest BCUT2D eigenvalue weighted by molar-refractivity contribution is -0.161. The van der Waals surface area contributed by atoms with Crippen LogP contribution in [0.4, 0.5) is 0 Å². The van der Waals surface area contributed by atoms with Crippen LogP contribution in [0.15, 0.2) is 48.6 Å². The number of aliphatic hydroxyl groups is 4. The van der Waals surface area contributed by atoms with Crippen LogP contribution < -0.4 is 0 Å². The minimum absolute atomic E-state index is 0.0757. The lowest BCUT2D eigenvalue weighted by Crippen LogP contribution is -2.30. The fourth-order valence-corrected chi connectivity index (χ4v) is 7.16. The maximum Gasteiger partial charge on any atom is 0.472 e. The van der Waals surface area contributed by atoms with Gasteiger partial charge in [-0.25, -0.2) is 4.57 Å². The van der Waals surface area contributed by atoms with Gasteiger partial charge < -0.3 is 34.8 Å². The lowest BCUT2D eigenvalue weighted by atomic mass is 10.0. The van der Waals surface area contributed by atoms with Crippen molar-refractivity contribution in [1.82, 2.24) is 0 Å². The third-order valence-corrected chi connectivity index (χ3v) is 11.1. The molecule has 0 aliphatic heterocycles. The number of esters is 2. The molecule has 5 N–H and O–H groups in total. The van der Waals surface area contributed by atoms with Crippen LogP contribution in [0.1, 0.15) is 188 Å². The van der Waals surface area contributed by atoms with Gasteiger partial charge in [-0.1, -0.05) is 185 Å². The van der Waals surface area contributed by atoms with E-state index in [1.807, 2.05) is 6.08 Å². The summed E-state index contributed by atoms with van der Waals surface area (Å²) in [5.74, 6) is -0.338. The number of allylic oxidation sites excluding steroid dienone is 5. The van der Waals surface area contributed by atoms with Crippen molar-refractivity contribution in [2.24, 2.45) is 5.92 Å². The molecular weight excluding hydrogens is 799 g/mol. The van der Waals surface area contributed by atoms with E-state index in [0.717, 1.165) is 38.0 Å². The summed E-state index contributed by atoms with van der Waals surface area (Å²) < 4.78 is 32.6. The first-order chi connectivity index (χ1) is 29.4. The van der Waals surface area contributed by atoms with Gasteiger partial charge in [-0.3, -0.25) is 18.6 Å². The molecule has 0 radical (unpaired) electrons. The van der Waals surface area contributed by atoms with Gasteiger partial charge in [-0.15, -0.1) is 0 Å². The van der Waals surface area contributed by atoms with Crippen molar-refractivity contribution in [3.8, 4) is 0 Å². The van der Waals surface area contributed by atoms with Gasteiger partial charge in [-0.2, -0.15) is 0 Å². The van der Waals surface area contributed by atoms with Gasteiger partial charge in [0, 0.05) is 12.8 Å². The summed E-state index contributed by atoms with van der Waals surface area (Å²) in [6, 6.07) is 0. The predicted molar refractivity (Wildman–Crippen MR) is 245 cm³/mol. The van der Waals surface area contributed by atoms with Gasteiger partial charge >= 0.3 is 19.8 Å². The molecule has 0 heterocycles. The SMILES string of the molecule is CCCCC/C=C\C[C@H](O)/C=C/C=C/C=C\[C@H](O)CCCC(=O)O[C@H](COC(=O)CCCCCCCCCCCCCCCCCCC(C)C)COP(=O)(O)OC[C@@H](O)CO. The molecule has 5 atom stereocenters. The van der Waals surface area contributed by atoms with Gasteiger partial charge in [0.1, 0.15) is 12.7 Å². The van der Waals surface area contributed by atoms with Crippen LogP contribution in [0.5, 0.6) is 0 Å². The Morgan fingerprint density at radius 1 is 0.590 bits per heavy atom. The zero-order valence-corrected chi connectivity index (χ0v) is 39.2. The van der Waals surface area contributed by atoms with E-state index in [2.05, 4.69) is 31.4 Å². The zero-order chi connectivity index (χ0) is 45.2. The second kappa shape index (κ2) is 41.8. The first kappa shape index (κ1) is 58.9. The molecule has 0 aliphatic rings. The van der Waals surface area contributed by atoms with E-state index in [-0.39, 0.29) is 25.7 Å². The van der Waals surface area contributed by atoms with E-state index in [4.69, 9.17) is 19.1 Å². The molecule has 13 heteroatoms. The van der Waals surface area contributed by atoms with Gasteiger partial charge in [0.15, 0.2) is 6.10 Å². The molecule has 0 saturated carbocycles. The van der Waals surface area contributed by atoms with Crippen LogP contribution >= 0.6 is 7.82 Å². The molecule has 61 heavy (non-hydrogen) atoms. The second-order valence-electron chi connectivity index (χ2n) is 16.7. The Kier molecular flexibility index (Phi) is 40.4. The molecule has 12 nitrogen and oxygen atoms in total. The van der Waals surface area contributed by atoms with E-state index in [9.17, 15) is 34.4 Å². The smallest absolute Gasteiger partial charge is 0.462 e. The first-order valence-electron chi connectivity index (χ1n) is 23.7. The summed E-state index contributed by atoms with van der Waals surface area (Å²) in [6.45, 7) is 4.39. The monoisotopic (exact) mass is 887 g/mol. The number of aliphatic hydroxyl groups excluding tert-OH is 4. The van der Waals surface area contributed by atoms with Crippen molar-refractivity contribution in [2.45, 2.75) is 212 Å². The third kappa shape index (κ3) is 42.9. The zero-order valence-electron chi connectivity index (χ0n) is 38.3. The molecule has 0 aromatic rings. The van der Waals surface area contributed by atoms with Crippen molar-refractivity contribution >= 4 is 19.8 Å². The molecule has 0 amide bonds. The van der Waals surface area contributed by atoms with Crippen LogP contribution in [-0.2, 0) is 32.7 Å². The minimum Gasteiger partial charge on any atom is -0.462 e. The Hall–Kier alpha value is -2.15. The fraction of sp³-hybridized carbons (Fsp3) is 0.792. The highest BCUT2D eigenvalue weighted by Crippen LogP contribution is 2.43. The number of unbranched alkanes of at least 4 members (excludes halogenated alkanes) is 18. The Morgan fingerprint density at radius 2 is 1.11 bits per heavy atom. The Bertz CT molecular complexity index is 1200. The number of carbonyl (C=O) groups is 2. The van der Waals surface area contributed by atoms with Crippen molar-refractivity contribution in [3.05, 3.63) is 48.6 Å². The number of carbonyl (C=O) groups excluding carboxylic acids is 2. The quantitative estimate of drug-likeness (QED) is 0.0128. The molecule has 0 aliphatic carbocycles. The van der Waals surface area contributed by atoms with Gasteiger partial charge in [0.05, 0.1) is 32.0 Å². The Balaban J connectivity index is 4.46. The fourth-order valence-electron chi connectivity index (χ4n) is 6.37. The summed E-state index contributed by atoms with van der Waals surface area (Å²) in [4.78, 5) is 35.1. The average Bonchev–Trinajstić information content (AvgIpc) is 3.22. The van der Waals surface area contributed by atoms with Crippen LogP contribution in [-0.4, -0.2) is 88.1 Å². The molecule has 0 rings (SSSR count). The van der Waals surface area contributed by atoms with E-state index in [1.165, 1.54) is 96.3 Å². The predicted octanol–water partition coefficient (Wildman–Crippen LogP) is 10.7. The summed E-state index contributed by atoms with van der Waals surface area (Å²) in [5.41, 5.74) is 0. The van der Waals surface area contributed by atoms with E-state index in [0.29, 0.717) is 12.8 Å². The highest BCUT2D eigenvalue weighted by atomic mass is 31.2. The largest absolute Gasteiger partial charge is 0.472 e. The van der Waals surface area contributed by atoms with Crippen molar-refractivity contribution in [3.63, 3.8) is 0 Å². The number of ether oxygens (including phenoxy) is 2. The minimum atomic E-state index is -4.69. The molecular formula is C48H87O12P. The normalized spacial score (nSPS) is 15.3. The first-order valence-corrected chi connectivity index (χ1v) is 25.2. The van der Waals surface area contributed by atoms with E-state index in [1.54, 1.807) is 36.5 Å². The van der Waals surface area contributed by atoms with Crippen LogP contribution in [0, 0.1) is 5.92 Å². The number of hydrogen-bond acceptors (Lipinski definition) is 11. The molecule has 0 aromatic heterocycles. The van der Waals surface area contributed by atoms with Crippen molar-refractivity contribution in [2.75, 3.05) is 26.4 Å².